The summed E-state index contributed by atoms with van der Waals surface area (Å²) in [4.78, 5) is 16.1. The van der Waals surface area contributed by atoms with Gasteiger partial charge in [0.05, 0.1) is 7.11 Å². The molecule has 0 aliphatic heterocycles. The average Bonchev–Trinajstić information content (AvgIpc) is 2.97. The number of esters is 1. The summed E-state index contributed by atoms with van der Waals surface area (Å²) in [5.41, 5.74) is 5.45. The molecule has 0 radical (unpaired) electrons. The molecule has 0 spiro atoms. The molecule has 19 heavy (non-hydrogen) atoms. The summed E-state index contributed by atoms with van der Waals surface area (Å²) in [6.45, 7) is 1.89. The van der Waals surface area contributed by atoms with E-state index in [2.05, 4.69) is 9.36 Å². The number of carbonyl (C=O) groups is 1. The minimum atomic E-state index is -0.785. The van der Waals surface area contributed by atoms with E-state index < -0.39 is 5.54 Å². The molecule has 2 unspecified atom stereocenters. The van der Waals surface area contributed by atoms with Gasteiger partial charge in [-0.05, 0) is 43.6 Å². The van der Waals surface area contributed by atoms with E-state index in [1.807, 2.05) is 6.92 Å². The largest absolute Gasteiger partial charge is 0.468 e. The van der Waals surface area contributed by atoms with Crippen molar-refractivity contribution in [3.8, 4) is 0 Å². The number of nitrogens with zero attached hydrogens (tertiary/aromatic N) is 2. The van der Waals surface area contributed by atoms with E-state index in [1.54, 1.807) is 11.8 Å². The van der Waals surface area contributed by atoms with Crippen molar-refractivity contribution in [3.05, 3.63) is 5.82 Å². The molecule has 5 nitrogen and oxygen atoms in total. The van der Waals surface area contributed by atoms with E-state index in [0.717, 1.165) is 41.6 Å². The fourth-order valence-corrected chi connectivity index (χ4v) is 4.36. The predicted molar refractivity (Wildman–Crippen MR) is 76.3 cm³/mol. The third-order valence-electron chi connectivity index (χ3n) is 3.64. The van der Waals surface area contributed by atoms with Gasteiger partial charge in [0.15, 0.2) is 4.34 Å². The lowest BCUT2D eigenvalue weighted by Gasteiger charge is -2.28. The van der Waals surface area contributed by atoms with E-state index in [0.29, 0.717) is 0 Å². The molecule has 7 heteroatoms. The Kier molecular flexibility index (Phi) is 4.81. The first-order valence-corrected chi connectivity index (χ1v) is 8.12. The van der Waals surface area contributed by atoms with Crippen LogP contribution in [-0.2, 0) is 9.53 Å². The molecule has 2 rings (SSSR count). The summed E-state index contributed by atoms with van der Waals surface area (Å²) in [6, 6.07) is 0. The van der Waals surface area contributed by atoms with Gasteiger partial charge in [0.2, 0.25) is 0 Å². The van der Waals surface area contributed by atoms with Crippen molar-refractivity contribution < 1.29 is 9.53 Å². The first-order chi connectivity index (χ1) is 9.06. The second kappa shape index (κ2) is 6.19. The molecular formula is C12H19N3O2S2. The maximum atomic E-state index is 11.8. The highest BCUT2D eigenvalue weighted by molar-refractivity contribution is 8.00. The van der Waals surface area contributed by atoms with Gasteiger partial charge in [-0.3, -0.25) is 4.79 Å². The van der Waals surface area contributed by atoms with Crippen LogP contribution in [0, 0.1) is 12.8 Å². The number of nitrogens with two attached hydrogens (primary N) is 1. The molecular weight excluding hydrogens is 282 g/mol. The van der Waals surface area contributed by atoms with Crippen LogP contribution < -0.4 is 5.73 Å². The highest BCUT2D eigenvalue weighted by atomic mass is 32.2. The van der Waals surface area contributed by atoms with Gasteiger partial charge in [-0.15, -0.1) is 0 Å². The van der Waals surface area contributed by atoms with Gasteiger partial charge in [0.25, 0.3) is 0 Å². The zero-order chi connectivity index (χ0) is 13.9. The molecule has 1 saturated carbocycles. The zero-order valence-corrected chi connectivity index (χ0v) is 12.9. The number of hydrogen-bond acceptors (Lipinski definition) is 7. The maximum Gasteiger partial charge on any atom is 0.326 e. The predicted octanol–water partition coefficient (Wildman–Crippen LogP) is 2.00. The summed E-state index contributed by atoms with van der Waals surface area (Å²) in [6.07, 6.45) is 3.64. The van der Waals surface area contributed by atoms with Crippen LogP contribution in [0.2, 0.25) is 0 Å². The summed E-state index contributed by atoms with van der Waals surface area (Å²) in [7, 11) is 1.41. The fourth-order valence-electron chi connectivity index (χ4n) is 2.59. The van der Waals surface area contributed by atoms with Crippen LogP contribution in [0.3, 0.4) is 0 Å². The lowest BCUT2D eigenvalue weighted by atomic mass is 9.86. The molecule has 0 amide bonds. The first-order valence-electron chi connectivity index (χ1n) is 6.36. The highest BCUT2D eigenvalue weighted by Gasteiger charge is 2.46. The molecule has 0 aromatic carbocycles. The fraction of sp³-hybridized carbons (Fsp3) is 0.750. The van der Waals surface area contributed by atoms with Crippen molar-refractivity contribution >= 4 is 29.3 Å². The number of ether oxygens (including phenoxy) is 1. The van der Waals surface area contributed by atoms with Crippen LogP contribution >= 0.6 is 23.3 Å². The molecule has 1 fully saturated rings. The monoisotopic (exact) mass is 301 g/mol. The topological polar surface area (TPSA) is 78.1 Å². The Labute approximate surface area is 121 Å². The van der Waals surface area contributed by atoms with Crippen LogP contribution in [-0.4, -0.2) is 33.7 Å². The van der Waals surface area contributed by atoms with Crippen molar-refractivity contribution in [2.75, 3.05) is 12.9 Å². The molecule has 2 atom stereocenters. The van der Waals surface area contributed by atoms with Crippen LogP contribution in [0.15, 0.2) is 4.34 Å². The number of carbonyl (C=O) groups excluding carboxylic acids is 1. The van der Waals surface area contributed by atoms with Gasteiger partial charge < -0.3 is 10.5 Å². The average molecular weight is 301 g/mol. The lowest BCUT2D eigenvalue weighted by molar-refractivity contribution is -0.148. The Balaban J connectivity index is 1.86. The van der Waals surface area contributed by atoms with Gasteiger partial charge in [0, 0.05) is 5.75 Å². The smallest absolute Gasteiger partial charge is 0.326 e. The van der Waals surface area contributed by atoms with E-state index in [9.17, 15) is 4.79 Å². The van der Waals surface area contributed by atoms with Gasteiger partial charge in [0.1, 0.15) is 11.4 Å². The number of thioether (sulfide) groups is 1. The molecule has 1 aromatic heterocycles. The first kappa shape index (κ1) is 14.7. The molecule has 1 aliphatic rings. The summed E-state index contributed by atoms with van der Waals surface area (Å²) < 4.78 is 9.97. The van der Waals surface area contributed by atoms with Crippen molar-refractivity contribution in [1.29, 1.82) is 0 Å². The van der Waals surface area contributed by atoms with E-state index in [4.69, 9.17) is 10.5 Å². The Hall–Kier alpha value is -0.660. The summed E-state index contributed by atoms with van der Waals surface area (Å²) in [5.74, 6) is 1.67. The van der Waals surface area contributed by atoms with Gasteiger partial charge >= 0.3 is 5.97 Å². The molecule has 106 valence electrons. The number of rotatable bonds is 5. The van der Waals surface area contributed by atoms with E-state index >= 15 is 0 Å². The van der Waals surface area contributed by atoms with Gasteiger partial charge in [-0.25, -0.2) is 4.98 Å². The number of methoxy groups -OCH3 is 1. The zero-order valence-electron chi connectivity index (χ0n) is 11.2. The van der Waals surface area contributed by atoms with Crippen molar-refractivity contribution in [2.45, 2.75) is 42.5 Å². The third kappa shape index (κ3) is 3.27. The number of aryl methyl sites for hydroxylation is 1. The molecule has 2 N–H and O–H groups in total. The molecule has 0 bridgehead atoms. The maximum absolute atomic E-state index is 11.8. The minimum absolute atomic E-state index is 0.210. The molecule has 0 saturated heterocycles. The van der Waals surface area contributed by atoms with Gasteiger partial charge in [-0.1, -0.05) is 18.2 Å². The third-order valence-corrected chi connectivity index (χ3v) is 5.60. The Bertz CT molecular complexity index is 452. The summed E-state index contributed by atoms with van der Waals surface area (Å²) in [5, 5.41) is 0. The van der Waals surface area contributed by atoms with Gasteiger partial charge in [-0.2, -0.15) is 4.37 Å². The molecule has 1 heterocycles. The second-order valence-electron chi connectivity index (χ2n) is 4.87. The van der Waals surface area contributed by atoms with Crippen molar-refractivity contribution in [2.24, 2.45) is 11.7 Å². The van der Waals surface area contributed by atoms with E-state index in [-0.39, 0.29) is 11.9 Å². The second-order valence-corrected chi connectivity index (χ2v) is 6.96. The van der Waals surface area contributed by atoms with Crippen molar-refractivity contribution in [1.82, 2.24) is 9.36 Å². The quantitative estimate of drug-likeness (QED) is 0.662. The molecule has 1 aromatic rings. The Morgan fingerprint density at radius 3 is 3.11 bits per heavy atom. The van der Waals surface area contributed by atoms with E-state index in [1.165, 1.54) is 18.6 Å². The Morgan fingerprint density at radius 1 is 1.68 bits per heavy atom. The van der Waals surface area contributed by atoms with Crippen LogP contribution in [0.1, 0.15) is 31.5 Å². The van der Waals surface area contributed by atoms with Crippen LogP contribution in [0.25, 0.3) is 0 Å². The SMILES string of the molecule is COC(=O)C1(N)CCCC1CCSc1nc(C)ns1. The minimum Gasteiger partial charge on any atom is -0.468 e. The normalized spacial score (nSPS) is 26.6. The standard InChI is InChI=1S/C12H19N3O2S2/c1-8-14-11(19-15-8)18-7-5-9-4-3-6-12(9,13)10(16)17-2/h9H,3-7,13H2,1-2H3. The molecule has 1 aliphatic carbocycles. The van der Waals surface area contributed by atoms with Crippen LogP contribution in [0.5, 0.6) is 0 Å². The number of aromatic nitrogens is 2. The van der Waals surface area contributed by atoms with Crippen LogP contribution in [0.4, 0.5) is 0 Å². The highest BCUT2D eigenvalue weighted by Crippen LogP contribution is 2.38. The Morgan fingerprint density at radius 2 is 2.47 bits per heavy atom. The number of hydrogen-bond donors (Lipinski definition) is 1. The van der Waals surface area contributed by atoms with Crippen molar-refractivity contribution in [3.63, 3.8) is 0 Å². The lowest BCUT2D eigenvalue weighted by Crippen LogP contribution is -2.51. The summed E-state index contributed by atoms with van der Waals surface area (Å²) >= 11 is 3.11.